The molecule has 1 fully saturated rings. The smallest absolute Gasteiger partial charge is 0.250 e. The molecule has 11 heteroatoms. The third-order valence-electron chi connectivity index (χ3n) is 4.68. The predicted molar refractivity (Wildman–Crippen MR) is 131 cm³/mol. The van der Waals surface area contributed by atoms with E-state index in [2.05, 4.69) is 46.7 Å². The minimum atomic E-state index is 0.00156. The molecule has 1 saturated heterocycles. The number of benzene rings is 2. The van der Waals surface area contributed by atoms with Crippen LogP contribution in [0.4, 0.5) is 23.5 Å². The molecule has 0 amide bonds. The zero-order valence-electron chi connectivity index (χ0n) is 18.0. The van der Waals surface area contributed by atoms with E-state index in [0.717, 1.165) is 10.2 Å². The van der Waals surface area contributed by atoms with E-state index in [1.165, 1.54) is 6.21 Å². The van der Waals surface area contributed by atoms with Crippen molar-refractivity contribution in [2.75, 3.05) is 48.6 Å². The molecule has 0 spiro atoms. The lowest BCUT2D eigenvalue weighted by Crippen LogP contribution is -2.37. The summed E-state index contributed by atoms with van der Waals surface area (Å²) in [6, 6.07) is 13.1. The van der Waals surface area contributed by atoms with Crippen molar-refractivity contribution in [1.82, 2.24) is 15.0 Å². The number of halogens is 1. The highest BCUT2D eigenvalue weighted by atomic mass is 79.9. The Bertz CT molecular complexity index is 1110. The van der Waals surface area contributed by atoms with Crippen molar-refractivity contribution in [3.8, 4) is 11.5 Å². The van der Waals surface area contributed by atoms with Crippen molar-refractivity contribution in [2.24, 2.45) is 5.10 Å². The van der Waals surface area contributed by atoms with Crippen LogP contribution in [0.3, 0.4) is 0 Å². The van der Waals surface area contributed by atoms with Gasteiger partial charge in [0.05, 0.1) is 26.0 Å². The first-order valence-electron chi connectivity index (χ1n) is 10.5. The van der Waals surface area contributed by atoms with E-state index in [9.17, 15) is 5.11 Å². The maximum Gasteiger partial charge on any atom is 0.250 e. The van der Waals surface area contributed by atoms with Crippen molar-refractivity contribution in [1.29, 1.82) is 0 Å². The first-order chi connectivity index (χ1) is 16.1. The zero-order chi connectivity index (χ0) is 23.0. The van der Waals surface area contributed by atoms with Crippen LogP contribution in [0.15, 0.2) is 52.0 Å². The van der Waals surface area contributed by atoms with Gasteiger partial charge in [0.15, 0.2) is 11.5 Å². The van der Waals surface area contributed by atoms with Gasteiger partial charge in [0.25, 0.3) is 0 Å². The molecule has 3 aromatic rings. The summed E-state index contributed by atoms with van der Waals surface area (Å²) in [4.78, 5) is 15.5. The zero-order valence-corrected chi connectivity index (χ0v) is 19.6. The van der Waals surface area contributed by atoms with Crippen molar-refractivity contribution in [3.05, 3.63) is 52.5 Å². The molecular weight excluding hydrogens is 490 g/mol. The van der Waals surface area contributed by atoms with E-state index >= 15 is 0 Å². The summed E-state index contributed by atoms with van der Waals surface area (Å²) in [6.07, 6.45) is 1.48. The molecule has 3 N–H and O–H groups in total. The molecule has 0 aliphatic carbocycles. The molecule has 10 nitrogen and oxygen atoms in total. The molecule has 0 radical (unpaired) electrons. The number of aromatic hydroxyl groups is 1. The number of para-hydroxylation sites is 1. The van der Waals surface area contributed by atoms with Gasteiger partial charge in [0.2, 0.25) is 17.8 Å². The minimum absolute atomic E-state index is 0.00156. The van der Waals surface area contributed by atoms with Crippen molar-refractivity contribution in [3.63, 3.8) is 0 Å². The van der Waals surface area contributed by atoms with Gasteiger partial charge in [-0.2, -0.15) is 20.1 Å². The largest absolute Gasteiger partial charge is 0.504 e. The van der Waals surface area contributed by atoms with Crippen LogP contribution in [0.5, 0.6) is 11.5 Å². The van der Waals surface area contributed by atoms with Crippen LogP contribution in [0.1, 0.15) is 12.5 Å². The third-order valence-corrected chi connectivity index (χ3v) is 5.14. The van der Waals surface area contributed by atoms with Gasteiger partial charge in [-0.15, -0.1) is 0 Å². The van der Waals surface area contributed by atoms with Gasteiger partial charge in [-0.1, -0.05) is 34.1 Å². The number of ether oxygens (including phenoxy) is 2. The number of phenols is 1. The second-order valence-electron chi connectivity index (χ2n) is 7.02. The highest BCUT2D eigenvalue weighted by Gasteiger charge is 2.17. The van der Waals surface area contributed by atoms with Crippen molar-refractivity contribution >= 4 is 45.7 Å². The minimum Gasteiger partial charge on any atom is -0.504 e. The van der Waals surface area contributed by atoms with Gasteiger partial charge < -0.3 is 24.8 Å². The Balaban J connectivity index is 1.58. The summed E-state index contributed by atoms with van der Waals surface area (Å²) in [7, 11) is 0. The monoisotopic (exact) mass is 513 g/mol. The van der Waals surface area contributed by atoms with E-state index in [1.807, 2.05) is 42.2 Å². The van der Waals surface area contributed by atoms with E-state index in [-0.39, 0.29) is 11.7 Å². The number of nitrogens with zero attached hydrogens (tertiary/aromatic N) is 5. The fourth-order valence-electron chi connectivity index (χ4n) is 3.14. The summed E-state index contributed by atoms with van der Waals surface area (Å²) in [5, 5.41) is 17.8. The van der Waals surface area contributed by atoms with Crippen molar-refractivity contribution in [2.45, 2.75) is 6.92 Å². The van der Waals surface area contributed by atoms with E-state index < -0.39 is 0 Å². The molecule has 1 aliphatic heterocycles. The number of morpholine rings is 1. The second-order valence-corrected chi connectivity index (χ2v) is 7.93. The van der Waals surface area contributed by atoms with Gasteiger partial charge in [0, 0.05) is 28.8 Å². The fraction of sp³-hybridized carbons (Fsp3) is 0.273. The molecule has 2 aromatic carbocycles. The predicted octanol–water partition coefficient (Wildman–Crippen LogP) is 3.76. The molecule has 0 unspecified atom stereocenters. The number of aromatic nitrogens is 3. The van der Waals surface area contributed by atoms with Gasteiger partial charge in [-0.05, 0) is 31.2 Å². The standard InChI is InChI=1S/C22H24BrN7O3/c1-2-33-18-13-16(23)12-15(19(18)31)14-24-29-21-26-20(25-17-6-4-3-5-7-17)27-22(28-21)30-8-10-32-11-9-30/h3-7,12-14,31H,2,8-11H2,1H3,(H2,25,26,27,28,29)/b24-14+. The Morgan fingerprint density at radius 3 is 2.67 bits per heavy atom. The van der Waals surface area contributed by atoms with Crippen LogP contribution in [0.2, 0.25) is 0 Å². The lowest BCUT2D eigenvalue weighted by atomic mass is 10.2. The Hall–Kier alpha value is -3.44. The van der Waals surface area contributed by atoms with Crippen LogP contribution in [-0.4, -0.2) is 59.2 Å². The number of anilines is 4. The molecule has 0 saturated carbocycles. The summed E-state index contributed by atoms with van der Waals surface area (Å²) in [5.74, 6) is 1.55. The molecule has 0 bridgehead atoms. The lowest BCUT2D eigenvalue weighted by Gasteiger charge is -2.27. The maximum absolute atomic E-state index is 10.4. The quantitative estimate of drug-likeness (QED) is 0.305. The summed E-state index contributed by atoms with van der Waals surface area (Å²) in [5.41, 5.74) is 4.17. The van der Waals surface area contributed by atoms with Gasteiger partial charge >= 0.3 is 0 Å². The fourth-order valence-corrected chi connectivity index (χ4v) is 3.60. The van der Waals surface area contributed by atoms with Crippen molar-refractivity contribution < 1.29 is 14.6 Å². The van der Waals surface area contributed by atoms with Crippen LogP contribution in [0.25, 0.3) is 0 Å². The number of phenolic OH excluding ortho intramolecular Hbond substituents is 1. The topological polar surface area (TPSA) is 117 Å². The summed E-state index contributed by atoms with van der Waals surface area (Å²) < 4.78 is 11.7. The molecule has 0 atom stereocenters. The number of rotatable bonds is 8. The number of hydrogen-bond acceptors (Lipinski definition) is 10. The van der Waals surface area contributed by atoms with Crippen LogP contribution >= 0.6 is 15.9 Å². The third kappa shape index (κ3) is 6.08. The lowest BCUT2D eigenvalue weighted by molar-refractivity contribution is 0.122. The molecule has 1 aromatic heterocycles. The second kappa shape index (κ2) is 10.9. The highest BCUT2D eigenvalue weighted by molar-refractivity contribution is 9.10. The van der Waals surface area contributed by atoms with E-state index in [1.54, 1.807) is 12.1 Å². The van der Waals surface area contributed by atoms with Gasteiger partial charge in [-0.3, -0.25) is 0 Å². The van der Waals surface area contributed by atoms with Crippen LogP contribution < -0.4 is 20.4 Å². The average Bonchev–Trinajstić information content (AvgIpc) is 2.83. The molecular formula is C22H24BrN7O3. The normalized spacial score (nSPS) is 13.8. The highest BCUT2D eigenvalue weighted by Crippen LogP contribution is 2.33. The Kier molecular flexibility index (Phi) is 7.53. The Labute approximate surface area is 199 Å². The molecule has 172 valence electrons. The average molecular weight is 514 g/mol. The summed E-state index contributed by atoms with van der Waals surface area (Å²) >= 11 is 3.42. The first kappa shape index (κ1) is 22.7. The molecule has 33 heavy (non-hydrogen) atoms. The van der Waals surface area contributed by atoms with E-state index in [0.29, 0.717) is 56.1 Å². The van der Waals surface area contributed by atoms with Crippen LogP contribution in [0, 0.1) is 0 Å². The maximum atomic E-state index is 10.4. The van der Waals surface area contributed by atoms with Crippen LogP contribution in [-0.2, 0) is 4.74 Å². The first-order valence-corrected chi connectivity index (χ1v) is 11.3. The number of hydrogen-bond donors (Lipinski definition) is 3. The molecule has 2 heterocycles. The van der Waals surface area contributed by atoms with Gasteiger partial charge in [-0.25, -0.2) is 5.43 Å². The van der Waals surface area contributed by atoms with E-state index in [4.69, 9.17) is 9.47 Å². The number of nitrogens with one attached hydrogen (secondary N) is 2. The SMILES string of the molecule is CCOc1cc(Br)cc(/C=N/Nc2nc(Nc3ccccc3)nc(N3CCOCC3)n2)c1O. The molecule has 1 aliphatic rings. The summed E-state index contributed by atoms with van der Waals surface area (Å²) in [6.45, 7) is 4.87. The Morgan fingerprint density at radius 1 is 1.15 bits per heavy atom. The Morgan fingerprint density at radius 2 is 1.91 bits per heavy atom. The molecule has 4 rings (SSSR count). The van der Waals surface area contributed by atoms with Gasteiger partial charge in [0.1, 0.15) is 0 Å². The number of hydrazone groups is 1.